The minimum atomic E-state index is -2.95. The number of rotatable bonds is 7. The zero-order valence-corrected chi connectivity index (χ0v) is 15.2. The first-order valence-corrected chi connectivity index (χ1v) is 8.33. The summed E-state index contributed by atoms with van der Waals surface area (Å²) >= 11 is 0. The maximum Gasteiger partial charge on any atom is 0.387 e. The molecular weight excluding hydrogens is 370 g/mol. The standard InChI is InChI=1S/C19H18F2N4O3/c1-25-14-6-4-3-5-13(14)23-17(25)10-18(26)24-22-11-12-7-8-15(28-19(20)21)16(9-12)27-2/h3-9,11,19H,10H2,1-2H3,(H,24,26)/b22-11+. The van der Waals surface area contributed by atoms with Gasteiger partial charge in [-0.05, 0) is 35.9 Å². The number of alkyl halides is 2. The van der Waals surface area contributed by atoms with E-state index in [9.17, 15) is 13.6 Å². The molecule has 1 heterocycles. The van der Waals surface area contributed by atoms with Crippen molar-refractivity contribution in [1.82, 2.24) is 15.0 Å². The number of aromatic nitrogens is 2. The van der Waals surface area contributed by atoms with E-state index in [2.05, 4.69) is 20.2 Å². The molecule has 0 bridgehead atoms. The molecule has 3 rings (SSSR count). The summed E-state index contributed by atoms with van der Waals surface area (Å²) in [5.41, 5.74) is 4.72. The van der Waals surface area contributed by atoms with Gasteiger partial charge in [-0.3, -0.25) is 4.79 Å². The SMILES string of the molecule is COc1cc(/C=N/NC(=O)Cc2nc3ccccc3n2C)ccc1OC(F)F. The summed E-state index contributed by atoms with van der Waals surface area (Å²) < 4.78 is 35.9. The summed E-state index contributed by atoms with van der Waals surface area (Å²) in [6, 6.07) is 11.9. The number of hydrogen-bond donors (Lipinski definition) is 1. The van der Waals surface area contributed by atoms with Gasteiger partial charge in [-0.1, -0.05) is 12.1 Å². The highest BCUT2D eigenvalue weighted by atomic mass is 19.3. The van der Waals surface area contributed by atoms with Crippen LogP contribution in [0.4, 0.5) is 8.78 Å². The number of ether oxygens (including phenoxy) is 2. The van der Waals surface area contributed by atoms with Crippen molar-refractivity contribution in [2.45, 2.75) is 13.0 Å². The molecule has 0 aliphatic carbocycles. The van der Waals surface area contributed by atoms with Crippen molar-refractivity contribution in [3.8, 4) is 11.5 Å². The van der Waals surface area contributed by atoms with Crippen LogP contribution >= 0.6 is 0 Å². The molecule has 146 valence electrons. The Morgan fingerprint density at radius 1 is 1.29 bits per heavy atom. The summed E-state index contributed by atoms with van der Waals surface area (Å²) in [7, 11) is 3.18. The molecular formula is C19H18F2N4O3. The van der Waals surface area contributed by atoms with Gasteiger partial charge in [0, 0.05) is 7.05 Å². The predicted octanol–water partition coefficient (Wildman–Crippen LogP) is 2.88. The fourth-order valence-electron chi connectivity index (χ4n) is 2.67. The van der Waals surface area contributed by atoms with Crippen molar-refractivity contribution in [3.05, 3.63) is 53.9 Å². The fraction of sp³-hybridized carbons (Fsp3) is 0.211. The van der Waals surface area contributed by atoms with E-state index in [0.717, 1.165) is 11.0 Å². The summed E-state index contributed by atoms with van der Waals surface area (Å²) in [5.74, 6) is 0.333. The Labute approximate surface area is 159 Å². The summed E-state index contributed by atoms with van der Waals surface area (Å²) in [4.78, 5) is 16.6. The van der Waals surface area contributed by atoms with Gasteiger partial charge >= 0.3 is 6.61 Å². The highest BCUT2D eigenvalue weighted by Crippen LogP contribution is 2.28. The Hall–Kier alpha value is -3.49. The van der Waals surface area contributed by atoms with Gasteiger partial charge in [-0.25, -0.2) is 10.4 Å². The zero-order valence-electron chi connectivity index (χ0n) is 15.2. The average Bonchev–Trinajstić information content (AvgIpc) is 2.98. The molecule has 0 radical (unpaired) electrons. The molecule has 0 unspecified atom stereocenters. The van der Waals surface area contributed by atoms with Crippen LogP contribution in [0.3, 0.4) is 0 Å². The molecule has 0 saturated carbocycles. The largest absolute Gasteiger partial charge is 0.493 e. The van der Waals surface area contributed by atoms with E-state index < -0.39 is 6.61 Å². The summed E-state index contributed by atoms with van der Waals surface area (Å²) in [5, 5.41) is 3.88. The lowest BCUT2D eigenvalue weighted by atomic mass is 10.2. The molecule has 0 atom stereocenters. The molecule has 1 amide bonds. The molecule has 28 heavy (non-hydrogen) atoms. The number of aryl methyl sites for hydroxylation is 1. The smallest absolute Gasteiger partial charge is 0.387 e. The summed E-state index contributed by atoms with van der Waals surface area (Å²) in [6.07, 6.45) is 1.44. The number of imidazole rings is 1. The van der Waals surface area contributed by atoms with Crippen LogP contribution in [-0.4, -0.2) is 35.4 Å². The Morgan fingerprint density at radius 2 is 2.07 bits per heavy atom. The first kappa shape index (κ1) is 19.3. The molecule has 0 fully saturated rings. The molecule has 1 N–H and O–H groups in total. The number of hydrazone groups is 1. The van der Waals surface area contributed by atoms with E-state index in [0.29, 0.717) is 11.4 Å². The third-order valence-electron chi connectivity index (χ3n) is 4.01. The van der Waals surface area contributed by atoms with Gasteiger partial charge in [-0.2, -0.15) is 13.9 Å². The molecule has 0 aliphatic heterocycles. The van der Waals surface area contributed by atoms with Crippen molar-refractivity contribution in [3.63, 3.8) is 0 Å². The summed E-state index contributed by atoms with van der Waals surface area (Å²) in [6.45, 7) is -2.95. The molecule has 0 spiro atoms. The van der Waals surface area contributed by atoms with Crippen molar-refractivity contribution in [2.24, 2.45) is 12.1 Å². The quantitative estimate of drug-likeness (QED) is 0.499. The monoisotopic (exact) mass is 388 g/mol. The number of para-hydroxylation sites is 2. The van der Waals surface area contributed by atoms with E-state index in [1.807, 2.05) is 35.9 Å². The Kier molecular flexibility index (Phi) is 5.83. The van der Waals surface area contributed by atoms with E-state index in [-0.39, 0.29) is 23.8 Å². The van der Waals surface area contributed by atoms with Gasteiger partial charge in [0.2, 0.25) is 5.91 Å². The van der Waals surface area contributed by atoms with Gasteiger partial charge in [0.15, 0.2) is 11.5 Å². The number of benzene rings is 2. The van der Waals surface area contributed by atoms with Crippen LogP contribution in [0.5, 0.6) is 11.5 Å². The second-order valence-electron chi connectivity index (χ2n) is 5.83. The molecule has 7 nitrogen and oxygen atoms in total. The highest BCUT2D eigenvalue weighted by molar-refractivity contribution is 5.84. The van der Waals surface area contributed by atoms with E-state index in [4.69, 9.17) is 4.74 Å². The molecule has 0 saturated heterocycles. The van der Waals surface area contributed by atoms with Crippen LogP contribution in [0.15, 0.2) is 47.6 Å². The lowest BCUT2D eigenvalue weighted by Crippen LogP contribution is -2.21. The second-order valence-corrected chi connectivity index (χ2v) is 5.83. The highest BCUT2D eigenvalue weighted by Gasteiger charge is 2.12. The van der Waals surface area contributed by atoms with Crippen LogP contribution in [0.1, 0.15) is 11.4 Å². The number of methoxy groups -OCH3 is 1. The number of hydrogen-bond acceptors (Lipinski definition) is 5. The normalized spacial score (nSPS) is 11.3. The van der Waals surface area contributed by atoms with Gasteiger partial charge in [-0.15, -0.1) is 0 Å². The third-order valence-corrected chi connectivity index (χ3v) is 4.01. The van der Waals surface area contributed by atoms with Crippen LogP contribution in [-0.2, 0) is 18.3 Å². The number of nitrogens with one attached hydrogen (secondary N) is 1. The number of carbonyl (C=O) groups is 1. The maximum absolute atomic E-state index is 12.3. The molecule has 1 aromatic heterocycles. The number of fused-ring (bicyclic) bond motifs is 1. The van der Waals surface area contributed by atoms with Crippen LogP contribution < -0.4 is 14.9 Å². The first-order valence-electron chi connectivity index (χ1n) is 8.33. The molecule has 0 aliphatic rings. The molecule has 3 aromatic rings. The van der Waals surface area contributed by atoms with Gasteiger partial charge in [0.05, 0.1) is 30.8 Å². The second kappa shape index (κ2) is 8.47. The topological polar surface area (TPSA) is 77.7 Å². The number of amides is 1. The van der Waals surface area contributed by atoms with Crippen LogP contribution in [0.25, 0.3) is 11.0 Å². The Morgan fingerprint density at radius 3 is 2.79 bits per heavy atom. The first-order chi connectivity index (χ1) is 13.5. The third kappa shape index (κ3) is 4.43. The van der Waals surface area contributed by atoms with Gasteiger partial charge < -0.3 is 14.0 Å². The molecule has 9 heteroatoms. The minimum Gasteiger partial charge on any atom is -0.493 e. The Bertz CT molecular complexity index is 1020. The predicted molar refractivity (Wildman–Crippen MR) is 99.8 cm³/mol. The minimum absolute atomic E-state index is 0.0625. The average molecular weight is 388 g/mol. The van der Waals surface area contributed by atoms with Crippen molar-refractivity contribution in [1.29, 1.82) is 0 Å². The number of halogens is 2. The van der Waals surface area contributed by atoms with E-state index >= 15 is 0 Å². The van der Waals surface area contributed by atoms with Gasteiger partial charge in [0.25, 0.3) is 0 Å². The number of carbonyl (C=O) groups excluding carboxylic acids is 1. The van der Waals surface area contributed by atoms with Crippen molar-refractivity contribution < 1.29 is 23.0 Å². The number of nitrogens with zero attached hydrogens (tertiary/aromatic N) is 3. The fourth-order valence-corrected chi connectivity index (χ4v) is 2.67. The lowest BCUT2D eigenvalue weighted by molar-refractivity contribution is -0.120. The van der Waals surface area contributed by atoms with Crippen LogP contribution in [0, 0.1) is 0 Å². The Balaban J connectivity index is 1.63. The maximum atomic E-state index is 12.3. The molecule has 2 aromatic carbocycles. The lowest BCUT2D eigenvalue weighted by Gasteiger charge is -2.09. The van der Waals surface area contributed by atoms with E-state index in [1.165, 1.54) is 31.5 Å². The van der Waals surface area contributed by atoms with Crippen LogP contribution in [0.2, 0.25) is 0 Å². The zero-order chi connectivity index (χ0) is 20.1. The van der Waals surface area contributed by atoms with E-state index in [1.54, 1.807) is 0 Å². The van der Waals surface area contributed by atoms with Crippen molar-refractivity contribution in [2.75, 3.05) is 7.11 Å². The van der Waals surface area contributed by atoms with Gasteiger partial charge in [0.1, 0.15) is 5.82 Å². The van der Waals surface area contributed by atoms with Crippen molar-refractivity contribution >= 4 is 23.2 Å².